The minimum Gasteiger partial charge on any atom is -0.258 e. The molecule has 0 heterocycles. The Morgan fingerprint density at radius 1 is 1.00 bits per heavy atom. The smallest absolute Gasteiger partial charge is 0.258 e. The molecule has 0 saturated heterocycles. The van der Waals surface area contributed by atoms with Gasteiger partial charge in [0, 0.05) is 17.7 Å². The highest BCUT2D eigenvalue weighted by Crippen LogP contribution is 2.19. The molecule has 3 aromatic carbocycles. The Morgan fingerprint density at radius 2 is 1.65 bits per heavy atom. The normalized spacial score (nSPS) is 12.1. The Labute approximate surface area is 154 Å². The first-order valence-corrected chi connectivity index (χ1v) is 9.21. The standard InChI is InChI=1S/C17H12ClN3O4S/c18-17(13-5-8-15(9-6-13)21(22)23)19-20-26(24,25)16-10-7-12-3-1-2-4-14(12)11-16/h1-11,20H/b19-17-. The fraction of sp³-hybridized carbons (Fsp3) is 0. The van der Waals surface area contributed by atoms with Crippen LogP contribution in [0.4, 0.5) is 5.69 Å². The molecule has 0 unspecified atom stereocenters. The van der Waals surface area contributed by atoms with Crippen LogP contribution in [-0.4, -0.2) is 18.5 Å². The average Bonchev–Trinajstić information content (AvgIpc) is 2.65. The molecule has 1 N–H and O–H groups in total. The predicted octanol–water partition coefficient (Wildman–Crippen LogP) is 3.63. The Hall–Kier alpha value is -2.97. The number of hydrazone groups is 1. The summed E-state index contributed by atoms with van der Waals surface area (Å²) in [5, 5.41) is 15.9. The maximum Gasteiger partial charge on any atom is 0.276 e. The zero-order valence-electron chi connectivity index (χ0n) is 13.2. The topological polar surface area (TPSA) is 102 Å². The molecule has 26 heavy (non-hydrogen) atoms. The first-order valence-electron chi connectivity index (χ1n) is 7.35. The van der Waals surface area contributed by atoms with Crippen molar-refractivity contribution in [2.75, 3.05) is 0 Å². The van der Waals surface area contributed by atoms with E-state index in [0.717, 1.165) is 10.8 Å². The molecule has 0 aromatic heterocycles. The Balaban J connectivity index is 1.83. The summed E-state index contributed by atoms with van der Waals surface area (Å²) in [6.07, 6.45) is 0. The number of nitro groups is 1. The van der Waals surface area contributed by atoms with Gasteiger partial charge in [-0.2, -0.15) is 18.4 Å². The summed E-state index contributed by atoms with van der Waals surface area (Å²) in [6, 6.07) is 17.3. The van der Waals surface area contributed by atoms with Crippen molar-refractivity contribution in [3.8, 4) is 0 Å². The second-order valence-corrected chi connectivity index (χ2v) is 7.33. The molecule has 7 nitrogen and oxygen atoms in total. The van der Waals surface area contributed by atoms with Crippen LogP contribution >= 0.6 is 11.6 Å². The van der Waals surface area contributed by atoms with E-state index in [-0.39, 0.29) is 15.8 Å². The molecule has 0 atom stereocenters. The number of halogens is 1. The van der Waals surface area contributed by atoms with E-state index in [2.05, 4.69) is 9.93 Å². The fourth-order valence-corrected chi connectivity index (χ4v) is 3.34. The van der Waals surface area contributed by atoms with Crippen LogP contribution in [0.2, 0.25) is 0 Å². The SMILES string of the molecule is O=[N+]([O-])c1ccc(/C(Cl)=N/NS(=O)(=O)c2ccc3ccccc3c2)cc1. The van der Waals surface area contributed by atoms with Crippen molar-refractivity contribution in [2.24, 2.45) is 5.10 Å². The van der Waals surface area contributed by atoms with Crippen molar-refractivity contribution in [3.05, 3.63) is 82.4 Å². The fourth-order valence-electron chi connectivity index (χ4n) is 2.27. The molecule has 0 bridgehead atoms. The molecule has 0 aliphatic heterocycles. The number of benzene rings is 3. The Bertz CT molecular complexity index is 1110. The third-order valence-corrected chi connectivity index (χ3v) is 5.12. The zero-order chi connectivity index (χ0) is 18.7. The molecule has 0 saturated carbocycles. The lowest BCUT2D eigenvalue weighted by Crippen LogP contribution is -2.19. The molecule has 0 amide bonds. The van der Waals surface area contributed by atoms with Gasteiger partial charge in [0.05, 0.1) is 9.82 Å². The van der Waals surface area contributed by atoms with Gasteiger partial charge in [-0.1, -0.05) is 41.9 Å². The van der Waals surface area contributed by atoms with Gasteiger partial charge in [-0.25, -0.2) is 0 Å². The van der Waals surface area contributed by atoms with Crippen LogP contribution in [0.1, 0.15) is 5.56 Å². The Morgan fingerprint density at radius 3 is 2.31 bits per heavy atom. The van der Waals surface area contributed by atoms with Gasteiger partial charge in [-0.05, 0) is 35.0 Å². The molecular weight excluding hydrogens is 378 g/mol. The molecule has 3 aromatic rings. The van der Waals surface area contributed by atoms with E-state index in [0.29, 0.717) is 5.56 Å². The lowest BCUT2D eigenvalue weighted by Gasteiger charge is -2.06. The van der Waals surface area contributed by atoms with Gasteiger partial charge in [0.15, 0.2) is 5.17 Å². The summed E-state index contributed by atoms with van der Waals surface area (Å²) < 4.78 is 24.8. The van der Waals surface area contributed by atoms with Gasteiger partial charge < -0.3 is 0 Å². The van der Waals surface area contributed by atoms with E-state index < -0.39 is 14.9 Å². The largest absolute Gasteiger partial charge is 0.276 e. The highest BCUT2D eigenvalue weighted by molar-refractivity contribution is 7.89. The van der Waals surface area contributed by atoms with Crippen LogP contribution in [0.3, 0.4) is 0 Å². The quantitative estimate of drug-likeness (QED) is 0.409. The van der Waals surface area contributed by atoms with E-state index in [1.165, 1.54) is 36.4 Å². The van der Waals surface area contributed by atoms with Crippen molar-refractivity contribution in [2.45, 2.75) is 4.90 Å². The summed E-state index contributed by atoms with van der Waals surface area (Å²) in [7, 11) is -3.91. The summed E-state index contributed by atoms with van der Waals surface area (Å²) in [4.78, 5) is 12.2. The monoisotopic (exact) mass is 389 g/mol. The number of hydrogen-bond acceptors (Lipinski definition) is 5. The van der Waals surface area contributed by atoms with E-state index >= 15 is 0 Å². The number of nitrogens with one attached hydrogen (secondary N) is 1. The molecule has 132 valence electrons. The third-order valence-electron chi connectivity index (χ3n) is 3.61. The molecular formula is C17H12ClN3O4S. The van der Waals surface area contributed by atoms with Crippen molar-refractivity contribution >= 4 is 43.3 Å². The summed E-state index contributed by atoms with van der Waals surface area (Å²) in [6.45, 7) is 0. The molecule has 0 radical (unpaired) electrons. The lowest BCUT2D eigenvalue weighted by molar-refractivity contribution is -0.384. The number of fused-ring (bicyclic) bond motifs is 1. The third kappa shape index (κ3) is 3.81. The maximum atomic E-state index is 12.4. The molecule has 0 aliphatic rings. The predicted molar refractivity (Wildman–Crippen MR) is 99.8 cm³/mol. The van der Waals surface area contributed by atoms with Gasteiger partial charge >= 0.3 is 0 Å². The van der Waals surface area contributed by atoms with Crippen molar-refractivity contribution in [3.63, 3.8) is 0 Å². The number of nitro benzene ring substituents is 1. The lowest BCUT2D eigenvalue weighted by atomic mass is 10.1. The second kappa shape index (κ2) is 7.11. The summed E-state index contributed by atoms with van der Waals surface area (Å²) in [5.41, 5.74) is 0.244. The van der Waals surface area contributed by atoms with Crippen LogP contribution in [0.5, 0.6) is 0 Å². The first kappa shape index (κ1) is 17.8. The van der Waals surface area contributed by atoms with Crippen LogP contribution in [0, 0.1) is 10.1 Å². The second-order valence-electron chi connectivity index (χ2n) is 5.31. The summed E-state index contributed by atoms with van der Waals surface area (Å²) >= 11 is 5.98. The minimum absolute atomic E-state index is 0.0492. The van der Waals surface area contributed by atoms with Crippen molar-refractivity contribution in [1.82, 2.24) is 4.83 Å². The number of non-ortho nitro benzene ring substituents is 1. The van der Waals surface area contributed by atoms with E-state index in [9.17, 15) is 18.5 Å². The average molecular weight is 390 g/mol. The van der Waals surface area contributed by atoms with E-state index in [1.807, 2.05) is 24.3 Å². The molecule has 3 rings (SSSR count). The highest BCUT2D eigenvalue weighted by Gasteiger charge is 2.14. The van der Waals surface area contributed by atoms with Gasteiger partial charge in [-0.3, -0.25) is 10.1 Å². The molecule has 0 spiro atoms. The molecule has 0 aliphatic carbocycles. The van der Waals surface area contributed by atoms with Gasteiger partial charge in [0.25, 0.3) is 15.7 Å². The number of sulfonamides is 1. The number of nitrogens with zero attached hydrogens (tertiary/aromatic N) is 2. The number of hydrogen-bond donors (Lipinski definition) is 1. The molecule has 9 heteroatoms. The minimum atomic E-state index is -3.91. The number of rotatable bonds is 5. The Kier molecular flexibility index (Phi) is 4.88. The van der Waals surface area contributed by atoms with Crippen LogP contribution in [0.15, 0.2) is 76.7 Å². The highest BCUT2D eigenvalue weighted by atomic mass is 35.5. The maximum absolute atomic E-state index is 12.4. The van der Waals surface area contributed by atoms with Crippen molar-refractivity contribution in [1.29, 1.82) is 0 Å². The first-order chi connectivity index (χ1) is 12.4. The van der Waals surface area contributed by atoms with Crippen LogP contribution < -0.4 is 4.83 Å². The zero-order valence-corrected chi connectivity index (χ0v) is 14.7. The van der Waals surface area contributed by atoms with Crippen LogP contribution in [0.25, 0.3) is 10.8 Å². The van der Waals surface area contributed by atoms with Gasteiger partial charge in [0.2, 0.25) is 0 Å². The summed E-state index contributed by atoms with van der Waals surface area (Å²) in [5.74, 6) is 0. The van der Waals surface area contributed by atoms with Crippen LogP contribution in [-0.2, 0) is 10.0 Å². The van der Waals surface area contributed by atoms with Gasteiger partial charge in [0.1, 0.15) is 0 Å². The van der Waals surface area contributed by atoms with E-state index in [1.54, 1.807) is 6.07 Å². The molecule has 0 fully saturated rings. The van der Waals surface area contributed by atoms with Crippen molar-refractivity contribution < 1.29 is 13.3 Å². The van der Waals surface area contributed by atoms with E-state index in [4.69, 9.17) is 11.6 Å². The van der Waals surface area contributed by atoms with Gasteiger partial charge in [-0.15, -0.1) is 0 Å².